The summed E-state index contributed by atoms with van der Waals surface area (Å²) in [6, 6.07) is 12.4. The molecular weight excluding hydrogens is 485 g/mol. The maximum Gasteiger partial charge on any atom is 0.258 e. The normalized spacial score (nSPS) is 12.0. The molecule has 0 bridgehead atoms. The van der Waals surface area contributed by atoms with Crippen molar-refractivity contribution in [3.05, 3.63) is 70.1 Å². The number of fused-ring (bicyclic) bond motifs is 1. The van der Waals surface area contributed by atoms with Crippen molar-refractivity contribution in [3.8, 4) is 11.5 Å². The van der Waals surface area contributed by atoms with Gasteiger partial charge in [0.2, 0.25) is 0 Å². The van der Waals surface area contributed by atoms with Crippen LogP contribution in [0.5, 0.6) is 11.5 Å². The zero-order valence-electron chi connectivity index (χ0n) is 16.5. The summed E-state index contributed by atoms with van der Waals surface area (Å²) in [7, 11) is 3.09. The third-order valence-electron chi connectivity index (χ3n) is 4.74. The fourth-order valence-corrected chi connectivity index (χ4v) is 3.39. The fourth-order valence-electron chi connectivity index (χ4n) is 3.23. The number of nitrogens with zero attached hydrogens (tertiary/aromatic N) is 1. The molecule has 0 aliphatic carbocycles. The number of Topliss-reactive ketones (excluding diaryl/α,β-unsaturated/α-hetero) is 1. The van der Waals surface area contributed by atoms with Crippen LogP contribution >= 0.6 is 23.0 Å². The number of pyridine rings is 1. The van der Waals surface area contributed by atoms with E-state index >= 15 is 0 Å². The molecule has 1 unspecified atom stereocenters. The molecule has 1 aromatic heterocycles. The van der Waals surface area contributed by atoms with Crippen LogP contribution in [0.3, 0.4) is 0 Å². The number of aromatic nitrogens is 1. The molecule has 0 aliphatic heterocycles. The van der Waals surface area contributed by atoms with Crippen LogP contribution in [-0.2, 0) is 16.0 Å². The number of ether oxygens (including phenoxy) is 2. The number of carbonyl (C=O) groups excluding carboxylic acids is 1. The molecule has 0 spiro atoms. The number of benzene rings is 2. The molecule has 2 aromatic carbocycles. The van der Waals surface area contributed by atoms with Gasteiger partial charge in [0.1, 0.15) is 34.5 Å². The first kappa shape index (κ1) is 21.3. The second kappa shape index (κ2) is 9.41. The highest BCUT2D eigenvalue weighted by Crippen LogP contribution is 2.25. The molecule has 6 nitrogen and oxygen atoms in total. The van der Waals surface area contributed by atoms with Crippen molar-refractivity contribution in [2.24, 2.45) is 0 Å². The molecule has 3 rings (SSSR count). The Hall–Kier alpha value is -2.39. The lowest BCUT2D eigenvalue weighted by molar-refractivity contribution is 0.0992. The Bertz CT molecular complexity index is 1070. The number of halogens is 1. The van der Waals surface area contributed by atoms with E-state index in [1.807, 2.05) is 42.1 Å². The molecule has 1 heterocycles. The van der Waals surface area contributed by atoms with Crippen molar-refractivity contribution in [1.82, 2.24) is 4.57 Å². The second-order valence-corrected chi connectivity index (χ2v) is 7.26. The molecule has 0 saturated heterocycles. The van der Waals surface area contributed by atoms with E-state index in [0.29, 0.717) is 29.0 Å². The van der Waals surface area contributed by atoms with Gasteiger partial charge < -0.3 is 17.1 Å². The van der Waals surface area contributed by atoms with E-state index in [-0.39, 0.29) is 23.9 Å². The summed E-state index contributed by atoms with van der Waals surface area (Å²) >= 11 is 1.83. The summed E-state index contributed by atoms with van der Waals surface area (Å²) in [5.41, 5.74) is 1.21. The predicted octanol–water partition coefficient (Wildman–Crippen LogP) is 4.20. The highest BCUT2D eigenvalue weighted by Gasteiger charge is 2.14. The van der Waals surface area contributed by atoms with Crippen molar-refractivity contribution >= 4 is 39.6 Å². The molecule has 0 saturated carbocycles. The lowest BCUT2D eigenvalue weighted by Crippen LogP contribution is -2.25. The molecule has 0 radical (unpaired) electrons. The van der Waals surface area contributed by atoms with E-state index in [0.717, 1.165) is 10.9 Å². The monoisotopic (exact) mass is 507 g/mol. The van der Waals surface area contributed by atoms with Crippen molar-refractivity contribution in [2.45, 2.75) is 26.0 Å². The van der Waals surface area contributed by atoms with Gasteiger partial charge in [0.05, 0.1) is 26.9 Å². The van der Waals surface area contributed by atoms with Gasteiger partial charge in [0, 0.05) is 29.6 Å². The van der Waals surface area contributed by atoms with E-state index in [9.17, 15) is 9.59 Å². The number of rotatable bonds is 8. The number of methoxy groups -OCH3 is 2. The minimum Gasteiger partial charge on any atom is -0.497 e. The van der Waals surface area contributed by atoms with E-state index < -0.39 is 0 Å². The molecule has 152 valence electrons. The first-order chi connectivity index (χ1) is 14.0. The molecule has 0 N–H and O–H groups in total. The van der Waals surface area contributed by atoms with Gasteiger partial charge in [-0.15, -0.1) is 0 Å². The topological polar surface area (TPSA) is 66.8 Å². The van der Waals surface area contributed by atoms with Gasteiger partial charge in [-0.05, 0) is 42.1 Å². The number of hydrogen-bond acceptors (Lipinski definition) is 5. The lowest BCUT2D eigenvalue weighted by atomic mass is 9.98. The molecular formula is C22H22INO5. The maximum absolute atomic E-state index is 12.9. The average Bonchev–Trinajstić information content (AvgIpc) is 2.75. The van der Waals surface area contributed by atoms with Crippen molar-refractivity contribution in [3.63, 3.8) is 0 Å². The third-order valence-corrected chi connectivity index (χ3v) is 5.61. The van der Waals surface area contributed by atoms with Crippen LogP contribution in [0.15, 0.2) is 53.5 Å². The van der Waals surface area contributed by atoms with Crippen LogP contribution < -0.4 is 15.0 Å². The predicted molar refractivity (Wildman–Crippen MR) is 120 cm³/mol. The Balaban J connectivity index is 1.96. The van der Waals surface area contributed by atoms with Gasteiger partial charge >= 0.3 is 0 Å². The first-order valence-electron chi connectivity index (χ1n) is 9.11. The van der Waals surface area contributed by atoms with Crippen molar-refractivity contribution in [2.75, 3.05) is 14.2 Å². The Morgan fingerprint density at radius 1 is 1.07 bits per heavy atom. The van der Waals surface area contributed by atoms with Crippen LogP contribution in [0.1, 0.15) is 22.8 Å². The SMILES string of the molecule is COc1cc(OC)cc(C(=O)Cc2cccc3c(=O)n(CC(C)OI)ccc23)c1. The van der Waals surface area contributed by atoms with E-state index in [1.165, 1.54) is 0 Å². The summed E-state index contributed by atoms with van der Waals surface area (Å²) in [5.74, 6) is 1.03. The Labute approximate surface area is 183 Å². The standard InChI is InChI=1S/C22H22INO5/c1-14(29-23)13-24-8-7-19-15(5-4-6-20(19)22(24)26)11-21(25)16-9-17(27-2)12-18(10-16)28-3/h4-10,12,14H,11,13H2,1-3H3. The van der Waals surface area contributed by atoms with Gasteiger partial charge in [0.15, 0.2) is 5.78 Å². The van der Waals surface area contributed by atoms with Crippen LogP contribution in [0.2, 0.25) is 0 Å². The van der Waals surface area contributed by atoms with E-state index in [4.69, 9.17) is 12.5 Å². The molecule has 3 aromatic rings. The smallest absolute Gasteiger partial charge is 0.258 e. The summed E-state index contributed by atoms with van der Waals surface area (Å²) < 4.78 is 17.4. The summed E-state index contributed by atoms with van der Waals surface area (Å²) in [6.07, 6.45) is 1.84. The second-order valence-electron chi connectivity index (χ2n) is 6.75. The number of ketones is 1. The van der Waals surface area contributed by atoms with Gasteiger partial charge in [-0.2, -0.15) is 0 Å². The highest BCUT2D eigenvalue weighted by atomic mass is 127. The Morgan fingerprint density at radius 2 is 1.76 bits per heavy atom. The minimum atomic E-state index is -0.0971. The molecule has 29 heavy (non-hydrogen) atoms. The van der Waals surface area contributed by atoms with Crippen LogP contribution in [0.4, 0.5) is 0 Å². The fraction of sp³-hybridized carbons (Fsp3) is 0.273. The summed E-state index contributed by atoms with van der Waals surface area (Å²) in [4.78, 5) is 25.8. The summed E-state index contributed by atoms with van der Waals surface area (Å²) in [6.45, 7) is 2.37. The molecule has 1 atom stereocenters. The lowest BCUT2D eigenvalue weighted by Gasteiger charge is -2.13. The van der Waals surface area contributed by atoms with Gasteiger partial charge in [-0.3, -0.25) is 9.59 Å². The molecule has 0 amide bonds. The summed E-state index contributed by atoms with van der Waals surface area (Å²) in [5, 5.41) is 1.36. The first-order valence-corrected chi connectivity index (χ1v) is 9.99. The van der Waals surface area contributed by atoms with Gasteiger partial charge in [-0.1, -0.05) is 12.1 Å². The zero-order valence-corrected chi connectivity index (χ0v) is 18.6. The van der Waals surface area contributed by atoms with Crippen molar-refractivity contribution < 1.29 is 17.3 Å². The zero-order chi connectivity index (χ0) is 21.0. The van der Waals surface area contributed by atoms with Crippen LogP contribution in [-0.4, -0.2) is 30.7 Å². The number of carbonyl (C=O) groups is 1. The van der Waals surface area contributed by atoms with E-state index in [2.05, 4.69) is 0 Å². The van der Waals surface area contributed by atoms with Crippen LogP contribution in [0.25, 0.3) is 10.8 Å². The Morgan fingerprint density at radius 3 is 2.38 bits per heavy atom. The molecule has 0 aliphatic rings. The maximum atomic E-state index is 12.9. The van der Waals surface area contributed by atoms with Crippen molar-refractivity contribution in [1.29, 1.82) is 0 Å². The van der Waals surface area contributed by atoms with Crippen LogP contribution in [0, 0.1) is 0 Å². The third kappa shape index (κ3) is 4.79. The van der Waals surface area contributed by atoms with E-state index in [1.54, 1.807) is 55.3 Å². The molecule has 0 fully saturated rings. The quantitative estimate of drug-likeness (QED) is 0.338. The van der Waals surface area contributed by atoms with Gasteiger partial charge in [0.25, 0.3) is 5.56 Å². The van der Waals surface area contributed by atoms with Gasteiger partial charge in [-0.25, -0.2) is 0 Å². The largest absolute Gasteiger partial charge is 0.497 e. The minimum absolute atomic E-state index is 0.0780. The number of hydrogen-bond donors (Lipinski definition) is 0. The average molecular weight is 507 g/mol. The Kier molecular flexibility index (Phi) is 6.92. The molecule has 7 heteroatoms. The highest BCUT2D eigenvalue weighted by molar-refractivity contribution is 14.1.